The second-order valence-corrected chi connectivity index (χ2v) is 6.59. The van der Waals surface area contributed by atoms with E-state index in [0.717, 1.165) is 26.1 Å². The zero-order chi connectivity index (χ0) is 15.5. The average molecular weight is 386 g/mol. The lowest BCUT2D eigenvalue weighted by molar-refractivity contribution is -0.546. The van der Waals surface area contributed by atoms with Crippen molar-refractivity contribution in [2.45, 2.75) is 31.1 Å². The third-order valence-corrected chi connectivity index (χ3v) is 5.26. The summed E-state index contributed by atoms with van der Waals surface area (Å²) in [5, 5.41) is 0. The average Bonchev–Trinajstić information content (AvgIpc) is 3.10. The van der Waals surface area contributed by atoms with E-state index in [1.807, 2.05) is 0 Å². The fourth-order valence-electron chi connectivity index (χ4n) is 4.14. The first-order valence-corrected chi connectivity index (χ1v) is 8.77. The summed E-state index contributed by atoms with van der Waals surface area (Å²) in [5.74, 6) is 1.18. The summed E-state index contributed by atoms with van der Waals surface area (Å²) in [4.78, 5) is 0. The molecule has 0 aromatic heterocycles. The Bertz CT molecular complexity index is 649. The summed E-state index contributed by atoms with van der Waals surface area (Å²) in [6.45, 7) is 3.04. The maximum absolute atomic E-state index is 6.26. The second-order valence-electron chi connectivity index (χ2n) is 6.59. The van der Waals surface area contributed by atoms with Crippen LogP contribution >= 0.6 is 0 Å². The van der Waals surface area contributed by atoms with Crippen LogP contribution in [0.3, 0.4) is 0 Å². The Hall–Kier alpha value is -1.61. The van der Waals surface area contributed by atoms with Gasteiger partial charge in [-0.2, -0.15) is 0 Å². The van der Waals surface area contributed by atoms with E-state index in [1.54, 1.807) is 0 Å². The summed E-state index contributed by atoms with van der Waals surface area (Å²) in [6, 6.07) is 21.8. The van der Waals surface area contributed by atoms with Crippen LogP contribution in [-0.2, 0) is 10.2 Å². The number of rotatable bonds is 2. The van der Waals surface area contributed by atoms with Crippen LogP contribution in [0.5, 0.6) is 0 Å². The monoisotopic (exact) mass is 385 g/mol. The topological polar surface area (TPSA) is 12.2 Å². The van der Waals surface area contributed by atoms with E-state index in [2.05, 4.69) is 65.2 Å². The van der Waals surface area contributed by atoms with Crippen molar-refractivity contribution in [3.63, 3.8) is 0 Å². The Kier molecular flexibility index (Phi) is 5.40. The largest absolute Gasteiger partial charge is 1.00 e. The molecule has 3 heteroatoms. The predicted octanol–water partition coefficient (Wildman–Crippen LogP) is 0.992. The minimum atomic E-state index is -0.125. The van der Waals surface area contributed by atoms with E-state index in [9.17, 15) is 0 Å². The fourth-order valence-corrected chi connectivity index (χ4v) is 4.14. The van der Waals surface area contributed by atoms with Gasteiger partial charge >= 0.3 is 5.90 Å². The van der Waals surface area contributed by atoms with Gasteiger partial charge in [-0.3, -0.25) is 0 Å². The molecule has 4 rings (SSSR count). The van der Waals surface area contributed by atoms with E-state index >= 15 is 0 Å². The number of piperidine rings is 1. The summed E-state index contributed by atoms with van der Waals surface area (Å²) in [5.41, 5.74) is 2.58. The van der Waals surface area contributed by atoms with Gasteiger partial charge in [0.2, 0.25) is 0 Å². The molecule has 2 aliphatic rings. The van der Waals surface area contributed by atoms with Crippen molar-refractivity contribution in [1.82, 2.24) is 0 Å². The Morgan fingerprint density at radius 1 is 0.750 bits per heavy atom. The van der Waals surface area contributed by atoms with Crippen LogP contribution in [0.15, 0.2) is 60.7 Å². The molecule has 2 fully saturated rings. The molecule has 2 heterocycles. The van der Waals surface area contributed by atoms with Crippen molar-refractivity contribution in [1.29, 1.82) is 0 Å². The second kappa shape index (κ2) is 7.52. The molecule has 0 N–H and O–H groups in total. The number of ether oxygens (including phenoxy) is 1. The first-order chi connectivity index (χ1) is 11.4. The van der Waals surface area contributed by atoms with E-state index in [0.29, 0.717) is 0 Å². The molecule has 2 aliphatic heterocycles. The van der Waals surface area contributed by atoms with Gasteiger partial charge in [-0.1, -0.05) is 60.7 Å². The molecule has 2 nitrogen and oxygen atoms in total. The smallest absolute Gasteiger partial charge is 0.351 e. The molecular weight excluding hydrogens is 362 g/mol. The highest BCUT2D eigenvalue weighted by atomic mass is 79.9. The zero-order valence-electron chi connectivity index (χ0n) is 14.0. The molecule has 0 saturated carbocycles. The van der Waals surface area contributed by atoms with Gasteiger partial charge in [0.1, 0.15) is 18.5 Å². The lowest BCUT2D eigenvalue weighted by Gasteiger charge is -2.27. The summed E-state index contributed by atoms with van der Waals surface area (Å²) in [7, 11) is 0. The molecule has 2 aromatic carbocycles. The Morgan fingerprint density at radius 2 is 1.29 bits per heavy atom. The van der Waals surface area contributed by atoms with Crippen LogP contribution in [0.25, 0.3) is 0 Å². The Morgan fingerprint density at radius 3 is 1.83 bits per heavy atom. The van der Waals surface area contributed by atoms with Crippen molar-refractivity contribution in [2.24, 2.45) is 0 Å². The molecule has 0 unspecified atom stereocenters. The van der Waals surface area contributed by atoms with Crippen LogP contribution in [0.1, 0.15) is 36.8 Å². The molecule has 24 heavy (non-hydrogen) atoms. The molecular formula is C21H24BrNO. The predicted molar refractivity (Wildman–Crippen MR) is 93.1 cm³/mol. The third-order valence-electron chi connectivity index (χ3n) is 5.26. The Labute approximate surface area is 154 Å². The van der Waals surface area contributed by atoms with Crippen molar-refractivity contribution in [3.05, 3.63) is 71.8 Å². The molecule has 2 aromatic rings. The molecule has 0 radical (unpaired) electrons. The SMILES string of the molecule is [Br-].c1ccc(C2(c3ccccc3)CCOC2=[N+]2CCCCC2)cc1. The van der Waals surface area contributed by atoms with E-state index in [4.69, 9.17) is 4.74 Å². The molecule has 2 saturated heterocycles. The maximum atomic E-state index is 6.26. The van der Waals surface area contributed by atoms with Crippen molar-refractivity contribution < 1.29 is 26.3 Å². The molecule has 0 bridgehead atoms. The first kappa shape index (κ1) is 17.2. The van der Waals surface area contributed by atoms with E-state index < -0.39 is 0 Å². The highest BCUT2D eigenvalue weighted by Crippen LogP contribution is 2.41. The van der Waals surface area contributed by atoms with E-state index in [1.165, 1.54) is 36.3 Å². The van der Waals surface area contributed by atoms with Gasteiger partial charge in [-0.25, -0.2) is 4.58 Å². The van der Waals surface area contributed by atoms with Gasteiger partial charge in [0.15, 0.2) is 0 Å². The molecule has 0 aliphatic carbocycles. The number of benzene rings is 2. The molecule has 0 spiro atoms. The third kappa shape index (κ3) is 2.90. The van der Waals surface area contributed by atoms with Gasteiger partial charge in [-0.05, 0) is 17.5 Å². The van der Waals surface area contributed by atoms with Crippen LogP contribution < -0.4 is 17.0 Å². The first-order valence-electron chi connectivity index (χ1n) is 8.77. The number of hydrogen-bond acceptors (Lipinski definition) is 1. The summed E-state index contributed by atoms with van der Waals surface area (Å²) in [6.07, 6.45) is 4.90. The lowest BCUT2D eigenvalue weighted by atomic mass is 9.73. The van der Waals surface area contributed by atoms with Crippen molar-refractivity contribution in [2.75, 3.05) is 19.7 Å². The number of nitrogens with zero attached hydrogens (tertiary/aromatic N) is 1. The van der Waals surface area contributed by atoms with E-state index in [-0.39, 0.29) is 22.4 Å². The van der Waals surface area contributed by atoms with Crippen molar-refractivity contribution in [3.8, 4) is 0 Å². The highest BCUT2D eigenvalue weighted by Gasteiger charge is 2.51. The van der Waals surface area contributed by atoms with Gasteiger partial charge in [-0.15, -0.1) is 0 Å². The van der Waals surface area contributed by atoms with Gasteiger partial charge in [0.05, 0.1) is 6.61 Å². The minimum absolute atomic E-state index is 0. The van der Waals surface area contributed by atoms with Gasteiger partial charge < -0.3 is 21.7 Å². The normalized spacial score (nSPS) is 19.5. The molecule has 0 amide bonds. The van der Waals surface area contributed by atoms with Gasteiger partial charge in [0, 0.05) is 19.3 Å². The maximum Gasteiger partial charge on any atom is 0.351 e. The standard InChI is InChI=1S/C21H24NO.BrH/c1-4-10-18(11-5-1)21(19-12-6-2-7-13-19)14-17-23-20(21)22-15-8-3-9-16-22;/h1-2,4-7,10-13H,3,8-9,14-17H2;1H/q+1;/p-1. The quantitative estimate of drug-likeness (QED) is 0.702. The van der Waals surface area contributed by atoms with Crippen LogP contribution in [0, 0.1) is 0 Å². The summed E-state index contributed by atoms with van der Waals surface area (Å²) < 4.78 is 8.76. The number of hydrogen-bond donors (Lipinski definition) is 0. The fraction of sp³-hybridized carbons (Fsp3) is 0.381. The highest BCUT2D eigenvalue weighted by molar-refractivity contribution is 5.90. The molecule has 126 valence electrons. The minimum Gasteiger partial charge on any atom is -1.00 e. The van der Waals surface area contributed by atoms with Crippen LogP contribution in [0.4, 0.5) is 0 Å². The Balaban J connectivity index is 0.00000169. The molecule has 0 atom stereocenters. The van der Waals surface area contributed by atoms with Crippen LogP contribution in [0.2, 0.25) is 0 Å². The lowest BCUT2D eigenvalue weighted by Crippen LogP contribution is -3.00. The number of halogens is 1. The zero-order valence-corrected chi connectivity index (χ0v) is 15.5. The summed E-state index contributed by atoms with van der Waals surface area (Å²) >= 11 is 0. The van der Waals surface area contributed by atoms with Crippen molar-refractivity contribution >= 4 is 5.90 Å². The van der Waals surface area contributed by atoms with Crippen LogP contribution in [-0.4, -0.2) is 30.2 Å². The van der Waals surface area contributed by atoms with Gasteiger partial charge in [0.25, 0.3) is 0 Å².